The maximum Gasteiger partial charge on any atom is 0.348 e. The fourth-order valence-electron chi connectivity index (χ4n) is 3.08. The molecule has 2 aromatic heterocycles. The molecule has 2 N–H and O–H groups in total. The first-order valence-electron chi connectivity index (χ1n) is 7.95. The molecule has 7 heteroatoms. The number of H-pyrrole nitrogens is 1. The van der Waals surface area contributed by atoms with E-state index in [9.17, 15) is 9.59 Å². The van der Waals surface area contributed by atoms with Gasteiger partial charge in [0, 0.05) is 35.7 Å². The molecule has 1 aliphatic carbocycles. The zero-order valence-corrected chi connectivity index (χ0v) is 13.5. The number of nitrogens with zero attached hydrogens (tertiary/aromatic N) is 3. The van der Waals surface area contributed by atoms with E-state index in [1.165, 1.54) is 0 Å². The molecule has 0 unspecified atom stereocenters. The van der Waals surface area contributed by atoms with Crippen LogP contribution >= 0.6 is 0 Å². The van der Waals surface area contributed by atoms with Crippen molar-refractivity contribution >= 4 is 5.91 Å². The summed E-state index contributed by atoms with van der Waals surface area (Å²) in [6.07, 6.45) is 4.09. The average molecular weight is 315 g/mol. The molecule has 0 spiro atoms. The molecule has 0 bridgehead atoms. The Labute approximate surface area is 134 Å². The molecule has 122 valence electrons. The van der Waals surface area contributed by atoms with Gasteiger partial charge in [0.05, 0.1) is 0 Å². The van der Waals surface area contributed by atoms with Crippen LogP contribution in [0.1, 0.15) is 46.0 Å². The average Bonchev–Trinajstić information content (AvgIpc) is 2.93. The highest BCUT2D eigenvalue weighted by Gasteiger charge is 2.21. The predicted molar refractivity (Wildman–Crippen MR) is 85.5 cm³/mol. The lowest BCUT2D eigenvalue weighted by Crippen LogP contribution is -2.33. The minimum Gasteiger partial charge on any atom is -0.349 e. The summed E-state index contributed by atoms with van der Waals surface area (Å²) in [6, 6.07) is 1.85. The Morgan fingerprint density at radius 2 is 2.13 bits per heavy atom. The van der Waals surface area contributed by atoms with Gasteiger partial charge in [-0.25, -0.2) is 4.79 Å². The Balaban J connectivity index is 1.64. The molecule has 1 amide bonds. The van der Waals surface area contributed by atoms with E-state index in [1.807, 2.05) is 13.0 Å². The van der Waals surface area contributed by atoms with Crippen LogP contribution in [0, 0.1) is 13.8 Å². The Kier molecular flexibility index (Phi) is 4.27. The number of rotatable bonds is 4. The van der Waals surface area contributed by atoms with Crippen LogP contribution in [0.15, 0.2) is 10.9 Å². The van der Waals surface area contributed by atoms with Gasteiger partial charge >= 0.3 is 5.69 Å². The van der Waals surface area contributed by atoms with E-state index in [0.29, 0.717) is 24.5 Å². The summed E-state index contributed by atoms with van der Waals surface area (Å²) >= 11 is 0. The van der Waals surface area contributed by atoms with E-state index in [1.54, 1.807) is 11.5 Å². The molecular formula is C16H21N5O2. The molecule has 0 aliphatic heterocycles. The number of aromatic amines is 1. The van der Waals surface area contributed by atoms with E-state index < -0.39 is 0 Å². The van der Waals surface area contributed by atoms with Gasteiger partial charge in [0.1, 0.15) is 0 Å². The summed E-state index contributed by atoms with van der Waals surface area (Å²) < 4.78 is 1.56. The van der Waals surface area contributed by atoms with Gasteiger partial charge in [0.15, 0.2) is 5.69 Å². The Morgan fingerprint density at radius 3 is 2.91 bits per heavy atom. The third-order valence-electron chi connectivity index (χ3n) is 4.24. The highest BCUT2D eigenvalue weighted by Crippen LogP contribution is 2.21. The third kappa shape index (κ3) is 3.18. The molecule has 0 saturated heterocycles. The van der Waals surface area contributed by atoms with Crippen molar-refractivity contribution in [1.82, 2.24) is 25.1 Å². The van der Waals surface area contributed by atoms with Gasteiger partial charge in [-0.2, -0.15) is 10.1 Å². The molecule has 0 atom stereocenters. The molecule has 0 radical (unpaired) electrons. The fourth-order valence-corrected chi connectivity index (χ4v) is 3.08. The minimum atomic E-state index is -0.283. The number of nitrogens with one attached hydrogen (secondary N) is 2. The molecule has 7 nitrogen and oxygen atoms in total. The number of carbonyl (C=O) groups is 1. The Hall–Kier alpha value is -2.44. The van der Waals surface area contributed by atoms with Crippen molar-refractivity contribution in [2.24, 2.45) is 0 Å². The summed E-state index contributed by atoms with van der Waals surface area (Å²) in [4.78, 5) is 28.1. The van der Waals surface area contributed by atoms with E-state index in [4.69, 9.17) is 0 Å². The molecule has 3 rings (SSSR count). The van der Waals surface area contributed by atoms with E-state index >= 15 is 0 Å². The monoisotopic (exact) mass is 315 g/mol. The van der Waals surface area contributed by atoms with Crippen molar-refractivity contribution < 1.29 is 4.79 Å². The van der Waals surface area contributed by atoms with E-state index in [-0.39, 0.29) is 11.6 Å². The Bertz CT molecular complexity index is 790. The topological polar surface area (TPSA) is 92.7 Å². The first-order valence-corrected chi connectivity index (χ1v) is 7.95. The molecule has 23 heavy (non-hydrogen) atoms. The van der Waals surface area contributed by atoms with Gasteiger partial charge < -0.3 is 5.32 Å². The Morgan fingerprint density at radius 1 is 1.35 bits per heavy atom. The second-order valence-electron chi connectivity index (χ2n) is 5.97. The maximum absolute atomic E-state index is 12.3. The number of aryl methyl sites for hydroxylation is 3. The van der Waals surface area contributed by atoms with Crippen molar-refractivity contribution in [3.8, 4) is 0 Å². The lowest BCUT2D eigenvalue weighted by molar-refractivity contribution is 0.0946. The lowest BCUT2D eigenvalue weighted by atomic mass is 9.96. The van der Waals surface area contributed by atoms with Crippen LogP contribution in [0.4, 0.5) is 0 Å². The summed E-state index contributed by atoms with van der Waals surface area (Å²) in [5.41, 5.74) is 3.87. The van der Waals surface area contributed by atoms with Crippen molar-refractivity contribution in [3.63, 3.8) is 0 Å². The first kappa shape index (κ1) is 15.5. The number of aromatic nitrogens is 4. The highest BCUT2D eigenvalue weighted by atomic mass is 16.2. The molecule has 2 heterocycles. The normalized spacial score (nSPS) is 13.7. The van der Waals surface area contributed by atoms with Gasteiger partial charge in [-0.15, -0.1) is 0 Å². The smallest absolute Gasteiger partial charge is 0.348 e. The highest BCUT2D eigenvalue weighted by molar-refractivity contribution is 5.94. The molecule has 0 saturated carbocycles. The molecule has 2 aromatic rings. The standard InChI is InChI=1S/C16H21N5O2/c1-10-9-11(2)21(16(23)18-10)8-7-17-15(22)14-12-5-3-4-6-13(12)19-20-14/h9H,3-8H2,1-2H3,(H,17,22)(H,19,20). The number of fused-ring (bicyclic) bond motifs is 1. The number of hydrogen-bond donors (Lipinski definition) is 2. The maximum atomic E-state index is 12.3. The van der Waals surface area contributed by atoms with Crippen molar-refractivity contribution in [3.05, 3.63) is 44.9 Å². The van der Waals surface area contributed by atoms with Crippen LogP contribution in [0.2, 0.25) is 0 Å². The summed E-state index contributed by atoms with van der Waals surface area (Å²) in [6.45, 7) is 4.42. The van der Waals surface area contributed by atoms with Crippen LogP contribution in [0.25, 0.3) is 0 Å². The predicted octanol–water partition coefficient (Wildman–Crippen LogP) is 0.892. The summed E-state index contributed by atoms with van der Waals surface area (Å²) in [5.74, 6) is -0.185. The van der Waals surface area contributed by atoms with Crippen molar-refractivity contribution in [1.29, 1.82) is 0 Å². The number of amides is 1. The minimum absolute atomic E-state index is 0.185. The second kappa shape index (κ2) is 6.36. The number of hydrogen-bond acceptors (Lipinski definition) is 4. The van der Waals surface area contributed by atoms with Crippen molar-refractivity contribution in [2.75, 3.05) is 6.54 Å². The lowest BCUT2D eigenvalue weighted by Gasteiger charge is -2.12. The SMILES string of the molecule is Cc1cc(C)n(CCNC(=O)c2n[nH]c3c2CCCC3)c(=O)n1. The summed E-state index contributed by atoms with van der Waals surface area (Å²) in [5, 5.41) is 9.96. The fraction of sp³-hybridized carbons (Fsp3) is 0.500. The van der Waals surface area contributed by atoms with Gasteiger partial charge in [-0.3, -0.25) is 14.5 Å². The van der Waals surface area contributed by atoms with Crippen molar-refractivity contribution in [2.45, 2.75) is 46.1 Å². The van der Waals surface area contributed by atoms with Gasteiger partial charge in [-0.05, 0) is 45.6 Å². The largest absolute Gasteiger partial charge is 0.349 e. The third-order valence-corrected chi connectivity index (χ3v) is 4.24. The first-order chi connectivity index (χ1) is 11.1. The number of carbonyl (C=O) groups excluding carboxylic acids is 1. The van der Waals surface area contributed by atoms with E-state index in [0.717, 1.165) is 42.6 Å². The molecular weight excluding hydrogens is 294 g/mol. The molecule has 0 aromatic carbocycles. The van der Waals surface area contributed by atoms with E-state index in [2.05, 4.69) is 20.5 Å². The zero-order valence-electron chi connectivity index (χ0n) is 13.5. The van der Waals surface area contributed by atoms with Crippen LogP contribution < -0.4 is 11.0 Å². The van der Waals surface area contributed by atoms with Gasteiger partial charge in [-0.1, -0.05) is 0 Å². The van der Waals surface area contributed by atoms with Gasteiger partial charge in [0.2, 0.25) is 0 Å². The van der Waals surface area contributed by atoms with Crippen LogP contribution in [-0.2, 0) is 19.4 Å². The second-order valence-corrected chi connectivity index (χ2v) is 5.97. The summed E-state index contributed by atoms with van der Waals surface area (Å²) in [7, 11) is 0. The van der Waals surface area contributed by atoms with Crippen LogP contribution in [-0.4, -0.2) is 32.2 Å². The van der Waals surface area contributed by atoms with Crippen LogP contribution in [0.3, 0.4) is 0 Å². The zero-order chi connectivity index (χ0) is 16.4. The molecule has 1 aliphatic rings. The molecule has 0 fully saturated rings. The van der Waals surface area contributed by atoms with Crippen LogP contribution in [0.5, 0.6) is 0 Å². The van der Waals surface area contributed by atoms with Gasteiger partial charge in [0.25, 0.3) is 5.91 Å². The quantitative estimate of drug-likeness (QED) is 0.876.